The van der Waals surface area contributed by atoms with Gasteiger partial charge in [-0.1, -0.05) is 24.8 Å². The third-order valence-corrected chi connectivity index (χ3v) is 0.583. The lowest BCUT2D eigenvalue weighted by Crippen LogP contribution is -1.65. The average Bonchev–Trinajstić information content (AvgIpc) is 1.61. The van der Waals surface area contributed by atoms with E-state index >= 15 is 0 Å². The van der Waals surface area contributed by atoms with Crippen LogP contribution in [0.3, 0.4) is 0 Å². The summed E-state index contributed by atoms with van der Waals surface area (Å²) in [6, 6.07) is 0. The van der Waals surface area contributed by atoms with Gasteiger partial charge in [-0.25, -0.2) is 0 Å². The minimum absolute atomic E-state index is 0.0215. The summed E-state index contributed by atoms with van der Waals surface area (Å²) in [5, 5.41) is 8.80. The highest BCUT2D eigenvalue weighted by molar-refractivity contribution is 6.30. The molecule has 0 spiro atoms. The lowest BCUT2D eigenvalue weighted by Gasteiger charge is -1.82. The van der Waals surface area contributed by atoms with Gasteiger partial charge >= 0.3 is 0 Å². The molecular formula is C6H7ClO. The van der Waals surface area contributed by atoms with E-state index in [1.165, 1.54) is 12.2 Å². The Morgan fingerprint density at radius 2 is 1.88 bits per heavy atom. The maximum absolute atomic E-state index is 8.42. The fourth-order valence-electron chi connectivity index (χ4n) is 0.187. The third-order valence-electron chi connectivity index (χ3n) is 0.457. The van der Waals surface area contributed by atoms with Gasteiger partial charge in [0.25, 0.3) is 0 Å². The summed E-state index contributed by atoms with van der Waals surface area (Å²) in [6.45, 7) is 6.55. The Morgan fingerprint density at radius 1 is 1.38 bits per heavy atom. The second kappa shape index (κ2) is 3.33. The first-order chi connectivity index (χ1) is 3.63. The summed E-state index contributed by atoms with van der Waals surface area (Å²) in [7, 11) is 0. The van der Waals surface area contributed by atoms with Crippen molar-refractivity contribution in [1.29, 1.82) is 0 Å². The summed E-state index contributed by atoms with van der Waals surface area (Å²) in [5.41, 5.74) is 0. The molecular weight excluding hydrogens is 124 g/mol. The number of halogens is 1. The first kappa shape index (κ1) is 7.31. The summed E-state index contributed by atoms with van der Waals surface area (Å²) in [5.74, 6) is -0.0215. The smallest absolute Gasteiger partial charge is 0.108 e. The van der Waals surface area contributed by atoms with Crippen molar-refractivity contribution < 1.29 is 5.11 Å². The normalized spacial score (nSPS) is 9.62. The maximum Gasteiger partial charge on any atom is 0.108 e. The number of aliphatic hydroxyl groups is 1. The van der Waals surface area contributed by atoms with Gasteiger partial charge in [0, 0.05) is 5.03 Å². The van der Waals surface area contributed by atoms with Crippen molar-refractivity contribution in [2.75, 3.05) is 0 Å². The summed E-state index contributed by atoms with van der Waals surface area (Å²) in [6.07, 6.45) is 2.83. The molecule has 0 aromatic carbocycles. The largest absolute Gasteiger partial charge is 0.509 e. The van der Waals surface area contributed by atoms with Crippen LogP contribution < -0.4 is 0 Å². The molecule has 8 heavy (non-hydrogen) atoms. The molecule has 44 valence electrons. The van der Waals surface area contributed by atoms with Gasteiger partial charge in [0.05, 0.1) is 0 Å². The van der Waals surface area contributed by atoms with Crippen LogP contribution in [-0.2, 0) is 0 Å². The minimum atomic E-state index is -0.0215. The van der Waals surface area contributed by atoms with Gasteiger partial charge in [0.1, 0.15) is 5.76 Å². The lowest BCUT2D eigenvalue weighted by molar-refractivity contribution is 0.435. The average molecular weight is 131 g/mol. The molecule has 0 unspecified atom stereocenters. The Balaban J connectivity index is 3.67. The van der Waals surface area contributed by atoms with E-state index in [1.807, 2.05) is 0 Å². The zero-order valence-corrected chi connectivity index (χ0v) is 5.15. The molecule has 0 bridgehead atoms. The fraction of sp³-hybridized carbons (Fsp3) is 0. The van der Waals surface area contributed by atoms with Crippen molar-refractivity contribution in [3.8, 4) is 0 Å². The summed E-state index contributed by atoms with van der Waals surface area (Å²) < 4.78 is 0. The van der Waals surface area contributed by atoms with Crippen LogP contribution in [0.2, 0.25) is 0 Å². The first-order valence-electron chi connectivity index (χ1n) is 2.03. The Bertz CT molecular complexity index is 119. The van der Waals surface area contributed by atoms with Crippen LogP contribution in [-0.4, -0.2) is 5.11 Å². The molecule has 0 rings (SSSR count). The third kappa shape index (κ3) is 5.31. The first-order valence-corrected chi connectivity index (χ1v) is 2.41. The predicted octanol–water partition coefficient (Wildman–Crippen LogP) is 2.37. The molecule has 0 atom stereocenters. The molecule has 0 aromatic heterocycles. The van der Waals surface area contributed by atoms with Crippen molar-refractivity contribution in [1.82, 2.24) is 0 Å². The van der Waals surface area contributed by atoms with Crippen LogP contribution in [0.5, 0.6) is 0 Å². The molecule has 2 heteroatoms. The molecule has 0 fully saturated rings. The van der Waals surface area contributed by atoms with E-state index < -0.39 is 0 Å². The Morgan fingerprint density at radius 3 is 2.00 bits per heavy atom. The van der Waals surface area contributed by atoms with E-state index in [0.717, 1.165) is 0 Å². The molecule has 0 aliphatic heterocycles. The van der Waals surface area contributed by atoms with Gasteiger partial charge in [-0.15, -0.1) is 0 Å². The monoisotopic (exact) mass is 130 g/mol. The number of rotatable bonds is 2. The summed E-state index contributed by atoms with van der Waals surface area (Å²) >= 11 is 5.29. The van der Waals surface area contributed by atoms with Gasteiger partial charge in [0.2, 0.25) is 0 Å². The number of hydrogen-bond donors (Lipinski definition) is 1. The zero-order valence-electron chi connectivity index (χ0n) is 4.39. The van der Waals surface area contributed by atoms with Gasteiger partial charge < -0.3 is 5.11 Å². The molecule has 0 aliphatic carbocycles. The van der Waals surface area contributed by atoms with Crippen molar-refractivity contribution in [3.05, 3.63) is 36.1 Å². The molecule has 0 amide bonds. The Hall–Kier alpha value is -0.690. The quantitative estimate of drug-likeness (QED) is 0.450. The van der Waals surface area contributed by atoms with Gasteiger partial charge in [-0.2, -0.15) is 0 Å². The van der Waals surface area contributed by atoms with Crippen molar-refractivity contribution in [2.24, 2.45) is 0 Å². The van der Waals surface area contributed by atoms with Crippen molar-refractivity contribution in [2.45, 2.75) is 0 Å². The van der Waals surface area contributed by atoms with Crippen LogP contribution >= 0.6 is 11.6 Å². The van der Waals surface area contributed by atoms with Crippen LogP contribution in [0.1, 0.15) is 0 Å². The van der Waals surface area contributed by atoms with E-state index in [9.17, 15) is 0 Å². The van der Waals surface area contributed by atoms with E-state index in [-0.39, 0.29) is 5.76 Å². The van der Waals surface area contributed by atoms with Crippen LogP contribution in [0.15, 0.2) is 36.1 Å². The van der Waals surface area contributed by atoms with Gasteiger partial charge in [-0.05, 0) is 12.2 Å². The van der Waals surface area contributed by atoms with E-state index in [0.29, 0.717) is 5.03 Å². The predicted molar refractivity (Wildman–Crippen MR) is 35.9 cm³/mol. The molecule has 0 heterocycles. The minimum Gasteiger partial charge on any atom is -0.509 e. The number of hydrogen-bond acceptors (Lipinski definition) is 1. The van der Waals surface area contributed by atoms with Crippen molar-refractivity contribution in [3.63, 3.8) is 0 Å². The highest BCUT2D eigenvalue weighted by atomic mass is 35.5. The maximum atomic E-state index is 8.42. The molecule has 0 saturated carbocycles. The highest BCUT2D eigenvalue weighted by Crippen LogP contribution is 1.98. The summed E-state index contributed by atoms with van der Waals surface area (Å²) in [4.78, 5) is 0. The molecule has 0 aliphatic rings. The number of allylic oxidation sites excluding steroid dienone is 3. The van der Waals surface area contributed by atoms with E-state index in [2.05, 4.69) is 13.2 Å². The van der Waals surface area contributed by atoms with E-state index in [1.54, 1.807) is 0 Å². The molecule has 0 radical (unpaired) electrons. The van der Waals surface area contributed by atoms with Crippen molar-refractivity contribution >= 4 is 11.6 Å². The molecule has 0 saturated heterocycles. The van der Waals surface area contributed by atoms with Gasteiger partial charge in [0.15, 0.2) is 0 Å². The fourth-order valence-corrected chi connectivity index (χ4v) is 0.250. The molecule has 1 nitrogen and oxygen atoms in total. The second-order valence-electron chi connectivity index (χ2n) is 1.27. The van der Waals surface area contributed by atoms with Gasteiger partial charge in [-0.3, -0.25) is 0 Å². The molecule has 1 N–H and O–H groups in total. The lowest BCUT2D eigenvalue weighted by atomic mass is 10.4. The highest BCUT2D eigenvalue weighted by Gasteiger charge is 1.76. The molecule has 0 aromatic rings. The van der Waals surface area contributed by atoms with Crippen LogP contribution in [0.4, 0.5) is 0 Å². The second-order valence-corrected chi connectivity index (χ2v) is 1.76. The topological polar surface area (TPSA) is 20.2 Å². The Kier molecular flexibility index (Phi) is 3.04. The zero-order chi connectivity index (χ0) is 6.57. The Labute approximate surface area is 53.6 Å². The van der Waals surface area contributed by atoms with Crippen LogP contribution in [0.25, 0.3) is 0 Å². The van der Waals surface area contributed by atoms with E-state index in [4.69, 9.17) is 16.7 Å². The van der Waals surface area contributed by atoms with Crippen LogP contribution in [0, 0.1) is 0 Å². The number of aliphatic hydroxyl groups excluding tert-OH is 1. The standard InChI is InChI=1S/C6H7ClO/c1-5(7)3-4-6(2)8/h3-4,8H,1-2H2/b4-3-. The SMILES string of the molecule is C=C(O)/C=C\C(=C)Cl.